The van der Waals surface area contributed by atoms with Gasteiger partial charge in [0.25, 0.3) is 0 Å². The molecule has 0 radical (unpaired) electrons. The molecule has 1 aromatic heterocycles. The third kappa shape index (κ3) is 3.48. The van der Waals surface area contributed by atoms with Gasteiger partial charge in [-0.2, -0.15) is 0 Å². The molecule has 1 heterocycles. The van der Waals surface area contributed by atoms with Crippen LogP contribution in [-0.2, 0) is 4.43 Å². The van der Waals surface area contributed by atoms with E-state index in [0.29, 0.717) is 29.3 Å². The molecule has 0 saturated heterocycles. The van der Waals surface area contributed by atoms with Gasteiger partial charge in [0.1, 0.15) is 0 Å². The van der Waals surface area contributed by atoms with Gasteiger partial charge in [0.2, 0.25) is 0 Å². The van der Waals surface area contributed by atoms with Gasteiger partial charge in [0, 0.05) is 11.5 Å². The third-order valence-corrected chi connectivity index (χ3v) is 16.6. The van der Waals surface area contributed by atoms with Gasteiger partial charge in [0.05, 0.1) is 18.1 Å². The predicted octanol–water partition coefficient (Wildman–Crippen LogP) is 7.91. The van der Waals surface area contributed by atoms with Gasteiger partial charge < -0.3 is 13.9 Å². The van der Waals surface area contributed by atoms with Crippen LogP contribution >= 0.6 is 0 Å². The Balaban J connectivity index is 1.35. The van der Waals surface area contributed by atoms with Gasteiger partial charge in [-0.15, -0.1) is 0 Å². The Morgan fingerprint density at radius 2 is 1.76 bits per heavy atom. The molecule has 0 aliphatic heterocycles. The van der Waals surface area contributed by atoms with E-state index in [0.717, 1.165) is 25.2 Å². The fraction of sp³-hybridized carbons (Fsp3) is 0.862. The second-order valence-electron chi connectivity index (χ2n) is 14.3. The van der Waals surface area contributed by atoms with Crippen LogP contribution in [0.3, 0.4) is 0 Å². The van der Waals surface area contributed by atoms with E-state index in [1.54, 1.807) is 6.26 Å². The lowest BCUT2D eigenvalue weighted by Crippen LogP contribution is -2.62. The molecule has 0 spiro atoms. The van der Waals surface area contributed by atoms with Gasteiger partial charge in [-0.25, -0.2) is 0 Å². The van der Waals surface area contributed by atoms with Crippen LogP contribution in [0.25, 0.3) is 0 Å². The Morgan fingerprint density at radius 1 is 1.00 bits per heavy atom. The Morgan fingerprint density at radius 3 is 2.42 bits per heavy atom. The summed E-state index contributed by atoms with van der Waals surface area (Å²) >= 11 is 0. The normalized spacial score (nSPS) is 45.9. The van der Waals surface area contributed by atoms with Gasteiger partial charge >= 0.3 is 0 Å². The molecule has 4 heteroatoms. The highest BCUT2D eigenvalue weighted by atomic mass is 28.4. The van der Waals surface area contributed by atoms with Crippen molar-refractivity contribution >= 4 is 8.32 Å². The minimum atomic E-state index is -1.73. The van der Waals surface area contributed by atoms with Crippen molar-refractivity contribution in [3.8, 4) is 0 Å². The van der Waals surface area contributed by atoms with Crippen LogP contribution in [-0.4, -0.2) is 25.1 Å². The molecule has 4 aliphatic carbocycles. The summed E-state index contributed by atoms with van der Waals surface area (Å²) in [5.41, 5.74) is 1.11. The summed E-state index contributed by atoms with van der Waals surface area (Å²) in [4.78, 5) is 0. The quantitative estimate of drug-likeness (QED) is 0.454. The molecule has 0 bridgehead atoms. The standard InChI is InChI=1S/C29H48O3Si/c1-26(2,3)33(6,7)32-22-10-14-27(4)21(18-22)8-9-25-24(27)11-15-28(5)23(12-16-29(25,28)30)20-13-17-31-19-20/h13,17,19,21-25,30H,8-12,14-16,18H2,1-7H3/t21-,22+,23-,24+,25-,27+,28-,29+/m1/s1. The summed E-state index contributed by atoms with van der Waals surface area (Å²) in [6.45, 7) is 16.9. The summed E-state index contributed by atoms with van der Waals surface area (Å²) in [6.07, 6.45) is 14.8. The van der Waals surface area contributed by atoms with Crippen molar-refractivity contribution in [2.45, 2.75) is 128 Å². The van der Waals surface area contributed by atoms with E-state index in [-0.39, 0.29) is 10.5 Å². The Hall–Kier alpha value is -0.583. The van der Waals surface area contributed by atoms with Crippen molar-refractivity contribution < 1.29 is 13.9 Å². The van der Waals surface area contributed by atoms with Crippen LogP contribution in [0.4, 0.5) is 0 Å². The van der Waals surface area contributed by atoms with E-state index >= 15 is 0 Å². The molecule has 3 nitrogen and oxygen atoms in total. The van der Waals surface area contributed by atoms with Gasteiger partial charge in [-0.1, -0.05) is 34.6 Å². The van der Waals surface area contributed by atoms with Crippen LogP contribution in [0, 0.1) is 28.6 Å². The summed E-state index contributed by atoms with van der Waals surface area (Å²) < 4.78 is 12.4. The lowest BCUT2D eigenvalue weighted by molar-refractivity contribution is -0.205. The Kier molecular flexibility index (Phi) is 5.63. The van der Waals surface area contributed by atoms with E-state index in [4.69, 9.17) is 8.84 Å². The highest BCUT2D eigenvalue weighted by Gasteiger charge is 2.67. The number of rotatable bonds is 3. The zero-order valence-electron chi connectivity index (χ0n) is 22.2. The average molecular weight is 473 g/mol. The summed E-state index contributed by atoms with van der Waals surface area (Å²) in [5, 5.41) is 12.7. The Labute approximate surface area is 203 Å². The van der Waals surface area contributed by atoms with Crippen LogP contribution < -0.4 is 0 Å². The van der Waals surface area contributed by atoms with Crippen molar-refractivity contribution in [3.63, 3.8) is 0 Å². The summed E-state index contributed by atoms with van der Waals surface area (Å²) in [7, 11) is -1.73. The number of fused-ring (bicyclic) bond motifs is 5. The lowest BCUT2D eigenvalue weighted by atomic mass is 9.43. The Bertz CT molecular complexity index is 857. The molecule has 0 aromatic carbocycles. The van der Waals surface area contributed by atoms with E-state index in [2.05, 4.69) is 53.8 Å². The SMILES string of the molecule is CC(C)(C)[Si](C)(C)O[C@H]1CC[C@@]2(C)[C@H](CC[C@@H]3[C@@H]2CC[C@]2(C)[C@@H](c4ccoc4)CC[C@]32O)C1. The topological polar surface area (TPSA) is 42.6 Å². The predicted molar refractivity (Wildman–Crippen MR) is 137 cm³/mol. The highest BCUT2D eigenvalue weighted by molar-refractivity contribution is 6.74. The molecule has 186 valence electrons. The number of aliphatic hydroxyl groups is 1. The first kappa shape index (κ1) is 24.1. The maximum Gasteiger partial charge on any atom is 0.192 e. The van der Waals surface area contributed by atoms with Crippen LogP contribution in [0.15, 0.2) is 23.0 Å². The maximum absolute atomic E-state index is 12.4. The smallest absolute Gasteiger partial charge is 0.192 e. The van der Waals surface area contributed by atoms with E-state index in [1.165, 1.54) is 44.1 Å². The van der Waals surface area contributed by atoms with E-state index < -0.39 is 13.9 Å². The summed E-state index contributed by atoms with van der Waals surface area (Å²) in [5.74, 6) is 2.29. The molecule has 8 atom stereocenters. The molecule has 4 fully saturated rings. The molecule has 33 heavy (non-hydrogen) atoms. The molecule has 1 aromatic rings. The zero-order chi connectivity index (χ0) is 23.9. The first-order valence-corrected chi connectivity index (χ1v) is 16.6. The second-order valence-corrected chi connectivity index (χ2v) is 19.1. The minimum absolute atomic E-state index is 0.0239. The van der Waals surface area contributed by atoms with Crippen molar-refractivity contribution in [3.05, 3.63) is 24.2 Å². The summed E-state index contributed by atoms with van der Waals surface area (Å²) in [6, 6.07) is 2.13. The van der Waals surface area contributed by atoms with Crippen molar-refractivity contribution in [1.29, 1.82) is 0 Å². The number of furan rings is 1. The first-order valence-electron chi connectivity index (χ1n) is 13.7. The van der Waals surface area contributed by atoms with Crippen molar-refractivity contribution in [2.75, 3.05) is 0 Å². The molecular formula is C29H48O3Si. The molecule has 4 saturated carbocycles. The zero-order valence-corrected chi connectivity index (χ0v) is 23.2. The van der Waals surface area contributed by atoms with Crippen LogP contribution in [0.1, 0.15) is 104 Å². The lowest BCUT2D eigenvalue weighted by Gasteiger charge is -2.64. The number of hydrogen-bond donors (Lipinski definition) is 1. The molecule has 1 N–H and O–H groups in total. The van der Waals surface area contributed by atoms with Gasteiger partial charge in [-0.05, 0) is 117 Å². The van der Waals surface area contributed by atoms with Crippen molar-refractivity contribution in [1.82, 2.24) is 0 Å². The van der Waals surface area contributed by atoms with Gasteiger partial charge in [0.15, 0.2) is 8.32 Å². The van der Waals surface area contributed by atoms with E-state index in [1.807, 2.05) is 6.26 Å². The fourth-order valence-corrected chi connectivity index (χ4v) is 10.3. The largest absolute Gasteiger partial charge is 0.472 e. The van der Waals surface area contributed by atoms with Gasteiger partial charge in [-0.3, -0.25) is 0 Å². The average Bonchev–Trinajstić information content (AvgIpc) is 3.33. The molecule has 5 rings (SSSR count). The maximum atomic E-state index is 12.4. The minimum Gasteiger partial charge on any atom is -0.472 e. The molecule has 0 amide bonds. The van der Waals surface area contributed by atoms with Crippen molar-refractivity contribution in [2.24, 2.45) is 28.6 Å². The van der Waals surface area contributed by atoms with Crippen LogP contribution in [0.2, 0.25) is 18.1 Å². The van der Waals surface area contributed by atoms with Crippen LogP contribution in [0.5, 0.6) is 0 Å². The second kappa shape index (κ2) is 7.71. The molecular weight excluding hydrogens is 424 g/mol. The monoisotopic (exact) mass is 472 g/mol. The van der Waals surface area contributed by atoms with E-state index in [9.17, 15) is 5.11 Å². The molecule has 0 unspecified atom stereocenters. The molecule has 4 aliphatic rings. The number of hydrogen-bond acceptors (Lipinski definition) is 3. The highest BCUT2D eigenvalue weighted by Crippen LogP contribution is 2.70. The first-order chi connectivity index (χ1) is 15.3. The third-order valence-electron chi connectivity index (χ3n) is 12.0. The fourth-order valence-electron chi connectivity index (χ4n) is 8.89.